The summed E-state index contributed by atoms with van der Waals surface area (Å²) in [5.74, 6) is 1.42. The molecule has 0 unspecified atom stereocenters. The summed E-state index contributed by atoms with van der Waals surface area (Å²) in [6.45, 7) is 3.37. The van der Waals surface area contributed by atoms with Gasteiger partial charge in [-0.2, -0.15) is 0 Å². The average Bonchev–Trinajstić information content (AvgIpc) is 2.62. The summed E-state index contributed by atoms with van der Waals surface area (Å²) in [7, 11) is 3.77. The van der Waals surface area contributed by atoms with Crippen molar-refractivity contribution in [2.75, 3.05) is 32.6 Å². The highest BCUT2D eigenvalue weighted by Gasteiger charge is 2.06. The van der Waals surface area contributed by atoms with Crippen molar-refractivity contribution in [2.45, 2.75) is 13.5 Å². The Morgan fingerprint density at radius 2 is 1.92 bits per heavy atom. The number of carbonyl (C=O) groups excluding carboxylic acids is 1. The fourth-order valence-electron chi connectivity index (χ4n) is 2.52. The molecule has 0 aliphatic heterocycles. The first-order valence-electron chi connectivity index (χ1n) is 8.54. The molecule has 0 aliphatic rings. The van der Waals surface area contributed by atoms with Gasteiger partial charge in [-0.1, -0.05) is 36.4 Å². The predicted molar refractivity (Wildman–Crippen MR) is 106 cm³/mol. The molecular weight excluding hydrogens is 328 g/mol. The quantitative estimate of drug-likeness (QED) is 0.456. The zero-order chi connectivity index (χ0) is 18.8. The van der Waals surface area contributed by atoms with E-state index in [4.69, 9.17) is 4.74 Å². The molecule has 0 bridgehead atoms. The van der Waals surface area contributed by atoms with Gasteiger partial charge in [-0.25, -0.2) is 0 Å². The molecule has 0 fully saturated rings. The Balaban J connectivity index is 1.78. The Kier molecular flexibility index (Phi) is 7.49. The highest BCUT2D eigenvalue weighted by molar-refractivity contribution is 5.88. The number of guanidine groups is 1. The number of hydrogen-bond donors (Lipinski definition) is 2. The van der Waals surface area contributed by atoms with Crippen molar-refractivity contribution in [1.29, 1.82) is 0 Å². The van der Waals surface area contributed by atoms with Gasteiger partial charge < -0.3 is 20.3 Å². The van der Waals surface area contributed by atoms with E-state index >= 15 is 0 Å². The number of rotatable bonds is 7. The predicted octanol–water partition coefficient (Wildman–Crippen LogP) is 2.73. The maximum atomic E-state index is 11.1. The van der Waals surface area contributed by atoms with Gasteiger partial charge in [0, 0.05) is 39.3 Å². The van der Waals surface area contributed by atoms with E-state index in [9.17, 15) is 4.79 Å². The Labute approximate surface area is 154 Å². The third-order valence-electron chi connectivity index (χ3n) is 3.64. The van der Waals surface area contributed by atoms with Crippen LogP contribution < -0.4 is 15.4 Å². The summed E-state index contributed by atoms with van der Waals surface area (Å²) >= 11 is 0. The molecule has 2 aromatic rings. The lowest BCUT2D eigenvalue weighted by atomic mass is 10.2. The van der Waals surface area contributed by atoms with E-state index < -0.39 is 0 Å². The summed E-state index contributed by atoms with van der Waals surface area (Å²) in [4.78, 5) is 17.5. The first-order chi connectivity index (χ1) is 12.6. The first-order valence-corrected chi connectivity index (χ1v) is 8.54. The lowest BCUT2D eigenvalue weighted by Crippen LogP contribution is -2.40. The van der Waals surface area contributed by atoms with Gasteiger partial charge in [0.15, 0.2) is 5.96 Å². The second-order valence-corrected chi connectivity index (χ2v) is 5.87. The number of amides is 1. The van der Waals surface area contributed by atoms with Gasteiger partial charge in [0.25, 0.3) is 0 Å². The van der Waals surface area contributed by atoms with Gasteiger partial charge in [-0.05, 0) is 17.7 Å². The van der Waals surface area contributed by atoms with Gasteiger partial charge in [-0.15, -0.1) is 0 Å². The molecule has 0 heterocycles. The molecule has 6 heteroatoms. The molecule has 138 valence electrons. The summed E-state index contributed by atoms with van der Waals surface area (Å²) < 4.78 is 5.73. The first kappa shape index (κ1) is 19.3. The van der Waals surface area contributed by atoms with Crippen LogP contribution in [0.5, 0.6) is 5.75 Å². The smallest absolute Gasteiger partial charge is 0.221 e. The zero-order valence-corrected chi connectivity index (χ0v) is 15.5. The van der Waals surface area contributed by atoms with E-state index in [1.54, 1.807) is 13.1 Å². The van der Waals surface area contributed by atoms with Crippen LogP contribution in [-0.4, -0.2) is 44.0 Å². The Morgan fingerprint density at radius 1 is 1.15 bits per heavy atom. The molecule has 2 rings (SSSR count). The molecule has 0 aromatic heterocycles. The molecule has 0 aliphatic carbocycles. The van der Waals surface area contributed by atoms with Crippen molar-refractivity contribution < 1.29 is 9.53 Å². The molecule has 2 aromatic carbocycles. The standard InChI is InChI=1S/C20H26N4O2/c1-16(25)23-18-10-7-11-19(14-18)26-13-12-22-20(21-2)24(3)15-17-8-5-4-6-9-17/h4-11,14H,12-13,15H2,1-3H3,(H,21,22)(H,23,25). The van der Waals surface area contributed by atoms with Crippen LogP contribution in [0.15, 0.2) is 59.6 Å². The van der Waals surface area contributed by atoms with Crippen molar-refractivity contribution >= 4 is 17.6 Å². The average molecular weight is 354 g/mol. The van der Waals surface area contributed by atoms with Crippen molar-refractivity contribution in [3.8, 4) is 5.75 Å². The van der Waals surface area contributed by atoms with Crippen LogP contribution in [0.4, 0.5) is 5.69 Å². The van der Waals surface area contributed by atoms with Crippen LogP contribution in [0.2, 0.25) is 0 Å². The number of benzene rings is 2. The minimum Gasteiger partial charge on any atom is -0.492 e. The number of anilines is 1. The molecule has 6 nitrogen and oxygen atoms in total. The van der Waals surface area contributed by atoms with Gasteiger partial charge in [-0.3, -0.25) is 9.79 Å². The largest absolute Gasteiger partial charge is 0.492 e. The number of ether oxygens (including phenoxy) is 1. The molecule has 26 heavy (non-hydrogen) atoms. The zero-order valence-electron chi connectivity index (χ0n) is 15.5. The van der Waals surface area contributed by atoms with E-state index in [1.165, 1.54) is 12.5 Å². The molecule has 2 N–H and O–H groups in total. The molecule has 0 saturated carbocycles. The van der Waals surface area contributed by atoms with Gasteiger partial charge in [0.2, 0.25) is 5.91 Å². The summed E-state index contributed by atoms with van der Waals surface area (Å²) in [6, 6.07) is 17.6. The second kappa shape index (κ2) is 10.1. The van der Waals surface area contributed by atoms with Gasteiger partial charge >= 0.3 is 0 Å². The number of carbonyl (C=O) groups is 1. The topological polar surface area (TPSA) is 66.0 Å². The monoisotopic (exact) mass is 354 g/mol. The maximum Gasteiger partial charge on any atom is 0.221 e. The van der Waals surface area contributed by atoms with Crippen LogP contribution in [-0.2, 0) is 11.3 Å². The van der Waals surface area contributed by atoms with Crippen LogP contribution in [0.1, 0.15) is 12.5 Å². The van der Waals surface area contributed by atoms with E-state index in [0.29, 0.717) is 18.9 Å². The van der Waals surface area contributed by atoms with Crippen LogP contribution in [0.3, 0.4) is 0 Å². The highest BCUT2D eigenvalue weighted by atomic mass is 16.5. The van der Waals surface area contributed by atoms with Crippen LogP contribution >= 0.6 is 0 Å². The normalized spacial score (nSPS) is 11.0. The Morgan fingerprint density at radius 3 is 2.62 bits per heavy atom. The van der Waals surface area contributed by atoms with Crippen molar-refractivity contribution in [2.24, 2.45) is 4.99 Å². The van der Waals surface area contributed by atoms with E-state index in [2.05, 4.69) is 32.7 Å². The lowest BCUT2D eigenvalue weighted by molar-refractivity contribution is -0.114. The van der Waals surface area contributed by atoms with Crippen molar-refractivity contribution in [1.82, 2.24) is 10.2 Å². The summed E-state index contributed by atoms with van der Waals surface area (Å²) in [5.41, 5.74) is 1.95. The summed E-state index contributed by atoms with van der Waals surface area (Å²) in [6.07, 6.45) is 0. The third-order valence-corrected chi connectivity index (χ3v) is 3.64. The lowest BCUT2D eigenvalue weighted by Gasteiger charge is -2.22. The van der Waals surface area contributed by atoms with E-state index in [0.717, 1.165) is 18.2 Å². The molecule has 0 saturated heterocycles. The number of nitrogens with zero attached hydrogens (tertiary/aromatic N) is 2. The highest BCUT2D eigenvalue weighted by Crippen LogP contribution is 2.17. The van der Waals surface area contributed by atoms with Gasteiger partial charge in [0.1, 0.15) is 12.4 Å². The molecule has 0 spiro atoms. The summed E-state index contributed by atoms with van der Waals surface area (Å²) in [5, 5.41) is 6.03. The van der Waals surface area contributed by atoms with Crippen LogP contribution in [0.25, 0.3) is 0 Å². The molecule has 1 amide bonds. The molecule has 0 atom stereocenters. The van der Waals surface area contributed by atoms with E-state index in [-0.39, 0.29) is 5.91 Å². The fraction of sp³-hybridized carbons (Fsp3) is 0.300. The Hall–Kier alpha value is -3.02. The number of hydrogen-bond acceptors (Lipinski definition) is 3. The maximum absolute atomic E-state index is 11.1. The second-order valence-electron chi connectivity index (χ2n) is 5.87. The van der Waals surface area contributed by atoms with Crippen molar-refractivity contribution in [3.05, 3.63) is 60.2 Å². The van der Waals surface area contributed by atoms with Crippen molar-refractivity contribution in [3.63, 3.8) is 0 Å². The Bertz CT molecular complexity index is 732. The van der Waals surface area contributed by atoms with Gasteiger partial charge in [0.05, 0.1) is 6.54 Å². The van der Waals surface area contributed by atoms with Crippen LogP contribution in [0, 0.1) is 0 Å². The number of aliphatic imine (C=N–C) groups is 1. The molecule has 0 radical (unpaired) electrons. The fourth-order valence-corrected chi connectivity index (χ4v) is 2.52. The van der Waals surface area contributed by atoms with E-state index in [1.807, 2.05) is 43.4 Å². The third kappa shape index (κ3) is 6.47. The SMILES string of the molecule is CN=C(NCCOc1cccc(NC(C)=O)c1)N(C)Cc1ccccc1. The minimum atomic E-state index is -0.103. The minimum absolute atomic E-state index is 0.103. The number of nitrogens with one attached hydrogen (secondary N) is 2. The molecular formula is C20H26N4O2.